The van der Waals surface area contributed by atoms with Crippen LogP contribution in [0.25, 0.3) is 11.1 Å². The van der Waals surface area contributed by atoms with Crippen molar-refractivity contribution >= 4 is 22.6 Å². The Labute approximate surface area is 207 Å². The third-order valence-corrected chi connectivity index (χ3v) is 6.27. The molecule has 4 aromatic carbocycles. The van der Waals surface area contributed by atoms with E-state index in [4.69, 9.17) is 9.47 Å². The fourth-order valence-electron chi connectivity index (χ4n) is 3.03. The van der Waals surface area contributed by atoms with Crippen LogP contribution in [0.1, 0.15) is 11.9 Å². The molecule has 1 unspecified atom stereocenters. The number of hydrogen-bond donors (Lipinski definition) is 2. The second kappa shape index (κ2) is 9.78. The number of phenolic OH excluding ortho intramolecular Hbond substituents is 2. The van der Waals surface area contributed by atoms with Gasteiger partial charge in [0.15, 0.2) is 5.75 Å². The van der Waals surface area contributed by atoms with Crippen LogP contribution in [0.3, 0.4) is 0 Å². The Morgan fingerprint density at radius 3 is 1.90 bits per heavy atom. The molecule has 1 atom stereocenters. The lowest BCUT2D eigenvalue weighted by Crippen LogP contribution is -3.34. The zero-order chi connectivity index (χ0) is 21.8. The Balaban J connectivity index is 1.58. The van der Waals surface area contributed by atoms with Gasteiger partial charge >= 0.3 is 22.6 Å². The van der Waals surface area contributed by atoms with Crippen molar-refractivity contribution in [2.45, 2.75) is 6.29 Å². The van der Waals surface area contributed by atoms with Gasteiger partial charge in [0.25, 0.3) is 6.29 Å². The van der Waals surface area contributed by atoms with Gasteiger partial charge < -0.3 is 19.7 Å². The van der Waals surface area contributed by atoms with Crippen LogP contribution in [0.4, 0.5) is 0 Å². The summed E-state index contributed by atoms with van der Waals surface area (Å²) < 4.78 is 14.1. The topological polar surface area (TPSA) is 58.9 Å². The molecule has 0 amide bonds. The SMILES string of the molecule is Oc1cc(O)c(-c2ccc(OC(Oc3ccc(I)cc3)c3ccccc3)cc2)cc1[IH+]. The third-order valence-electron chi connectivity index (χ3n) is 4.61. The molecule has 0 fully saturated rings. The summed E-state index contributed by atoms with van der Waals surface area (Å²) in [5.41, 5.74) is 2.38. The minimum absolute atomic E-state index is 0.0303. The first-order valence-corrected chi connectivity index (χ1v) is 11.7. The highest BCUT2D eigenvalue weighted by molar-refractivity contribution is 14.1. The Morgan fingerprint density at radius 2 is 1.29 bits per heavy atom. The number of hydrogen-bond acceptors (Lipinski definition) is 4. The molecule has 0 radical (unpaired) electrons. The summed E-state index contributed by atoms with van der Waals surface area (Å²) in [4.78, 5) is 0. The van der Waals surface area contributed by atoms with Crippen molar-refractivity contribution in [3.05, 3.63) is 104 Å². The maximum atomic E-state index is 10.2. The van der Waals surface area contributed by atoms with E-state index in [1.165, 1.54) is 6.07 Å². The molecule has 0 spiro atoms. The van der Waals surface area contributed by atoms with E-state index in [1.807, 2.05) is 78.9 Å². The van der Waals surface area contributed by atoms with Crippen LogP contribution in [0, 0.1) is 7.14 Å². The fraction of sp³-hybridized carbons (Fsp3) is 0.0400. The van der Waals surface area contributed by atoms with Gasteiger partial charge in [-0.2, -0.15) is 0 Å². The van der Waals surface area contributed by atoms with E-state index in [0.717, 1.165) is 20.4 Å². The van der Waals surface area contributed by atoms with Gasteiger partial charge in [-0.3, -0.25) is 0 Å². The van der Waals surface area contributed by atoms with Crippen molar-refractivity contribution < 1.29 is 42.3 Å². The normalized spacial score (nSPS) is 11.7. The maximum absolute atomic E-state index is 10.2. The first kappa shape index (κ1) is 21.8. The van der Waals surface area contributed by atoms with Gasteiger partial charge in [0, 0.05) is 26.8 Å². The van der Waals surface area contributed by atoms with Gasteiger partial charge in [-0.1, -0.05) is 42.5 Å². The van der Waals surface area contributed by atoms with Gasteiger partial charge in [0.1, 0.15) is 17.2 Å². The molecular weight excluding hydrogens is 618 g/mol. The average Bonchev–Trinajstić information content (AvgIpc) is 2.78. The molecule has 6 heteroatoms. The molecule has 2 N–H and O–H groups in total. The Bertz CT molecular complexity index is 1160. The average molecular weight is 637 g/mol. The molecule has 4 nitrogen and oxygen atoms in total. The standard InChI is InChI=1S/C25H18I2O4/c26-18-8-12-20(13-9-18)31-25(17-4-2-1-3-5-17)30-19-10-6-16(7-11-19)21-14-22(27)24(29)15-23(21)28/h1-15,25,27H,(H-,28,29)/p+1. The van der Waals surface area contributed by atoms with Crippen LogP contribution in [0.5, 0.6) is 23.0 Å². The van der Waals surface area contributed by atoms with Gasteiger partial charge in [-0.05, 0) is 64.6 Å². The van der Waals surface area contributed by atoms with Crippen molar-refractivity contribution in [2.75, 3.05) is 0 Å². The van der Waals surface area contributed by atoms with Crippen LogP contribution >= 0.6 is 22.6 Å². The summed E-state index contributed by atoms with van der Waals surface area (Å²) in [5.74, 6) is 1.46. The lowest BCUT2D eigenvalue weighted by Gasteiger charge is -2.21. The van der Waals surface area contributed by atoms with Crippen LogP contribution < -0.4 is 32.1 Å². The number of halogens is 2. The first-order valence-electron chi connectivity index (χ1n) is 9.47. The molecule has 0 saturated heterocycles. The highest BCUT2D eigenvalue weighted by atomic mass is 127. The van der Waals surface area contributed by atoms with E-state index in [0.29, 0.717) is 14.9 Å². The number of aromatic hydroxyl groups is 2. The van der Waals surface area contributed by atoms with Crippen LogP contribution in [-0.2, 0) is 0 Å². The summed E-state index contributed by atoms with van der Waals surface area (Å²) >= 11 is 3.97. The highest BCUT2D eigenvalue weighted by Gasteiger charge is 2.17. The lowest BCUT2D eigenvalue weighted by molar-refractivity contribution is -0.330. The molecule has 0 heterocycles. The molecule has 0 aromatic heterocycles. The Hall–Kier alpha value is -2.46. The second-order valence-electron chi connectivity index (χ2n) is 6.79. The van der Waals surface area contributed by atoms with E-state index in [-0.39, 0.29) is 11.5 Å². The summed E-state index contributed by atoms with van der Waals surface area (Å²) in [7, 11) is 0. The highest BCUT2D eigenvalue weighted by Crippen LogP contribution is 2.34. The molecule has 0 aliphatic rings. The maximum Gasteiger partial charge on any atom is 0.300 e. The largest absolute Gasteiger partial charge is 0.507 e. The quantitative estimate of drug-likeness (QED) is 0.253. The lowest BCUT2D eigenvalue weighted by atomic mass is 10.0. The summed E-state index contributed by atoms with van der Waals surface area (Å²) in [6, 6.07) is 28.1. The molecule has 156 valence electrons. The monoisotopic (exact) mass is 637 g/mol. The van der Waals surface area contributed by atoms with Gasteiger partial charge in [0.2, 0.25) is 3.57 Å². The van der Waals surface area contributed by atoms with Crippen molar-refractivity contribution in [3.63, 3.8) is 0 Å². The van der Waals surface area contributed by atoms with E-state index < -0.39 is 6.29 Å². The predicted molar refractivity (Wildman–Crippen MR) is 125 cm³/mol. The Morgan fingerprint density at radius 1 is 0.710 bits per heavy atom. The van der Waals surface area contributed by atoms with Crippen molar-refractivity contribution in [1.29, 1.82) is 0 Å². The molecule has 0 aliphatic heterocycles. The number of ether oxygens (including phenoxy) is 2. The molecule has 4 aromatic rings. The van der Waals surface area contributed by atoms with Gasteiger partial charge in [-0.15, -0.1) is 0 Å². The first-order chi connectivity index (χ1) is 15.0. The summed E-state index contributed by atoms with van der Waals surface area (Å²) in [5, 5.41) is 20.0. The van der Waals surface area contributed by atoms with Crippen molar-refractivity contribution in [1.82, 2.24) is 0 Å². The summed E-state index contributed by atoms with van der Waals surface area (Å²) in [6.45, 7) is 0. The van der Waals surface area contributed by atoms with Gasteiger partial charge in [-0.25, -0.2) is 0 Å². The third kappa shape index (κ3) is 5.43. The van der Waals surface area contributed by atoms with Crippen LogP contribution in [-0.4, -0.2) is 10.2 Å². The fourth-order valence-corrected chi connectivity index (χ4v) is 3.90. The Kier molecular flexibility index (Phi) is 6.86. The predicted octanol–water partition coefficient (Wildman–Crippen LogP) is 2.98. The molecule has 4 rings (SSSR count). The van der Waals surface area contributed by atoms with E-state index in [9.17, 15) is 10.2 Å². The second-order valence-corrected chi connectivity index (χ2v) is 9.29. The van der Waals surface area contributed by atoms with Crippen molar-refractivity contribution in [2.24, 2.45) is 0 Å². The zero-order valence-corrected chi connectivity index (χ0v) is 20.7. The minimum Gasteiger partial charge on any atom is -0.507 e. The van der Waals surface area contributed by atoms with Gasteiger partial charge in [0.05, 0.1) is 0 Å². The smallest absolute Gasteiger partial charge is 0.300 e. The van der Waals surface area contributed by atoms with Crippen molar-refractivity contribution in [3.8, 4) is 34.1 Å². The van der Waals surface area contributed by atoms with E-state index in [1.54, 1.807) is 28.7 Å². The molecule has 31 heavy (non-hydrogen) atoms. The van der Waals surface area contributed by atoms with Crippen LogP contribution in [0.15, 0.2) is 91.0 Å². The van der Waals surface area contributed by atoms with E-state index >= 15 is 0 Å². The molecular formula is C25H19I2O4+. The number of benzene rings is 4. The summed E-state index contributed by atoms with van der Waals surface area (Å²) in [6.07, 6.45) is -0.614. The van der Waals surface area contributed by atoms with Crippen LogP contribution in [0.2, 0.25) is 0 Å². The number of rotatable bonds is 6. The minimum atomic E-state index is -0.614. The number of phenols is 2. The molecule has 0 bridgehead atoms. The molecule has 0 aliphatic carbocycles. The molecule has 0 saturated carbocycles. The van der Waals surface area contributed by atoms with E-state index in [2.05, 4.69) is 22.6 Å². The zero-order valence-electron chi connectivity index (χ0n) is 16.2.